The number of likely N-dealkylation sites (tertiary alicyclic amines) is 1. The molecule has 0 radical (unpaired) electrons. The Hall–Kier alpha value is -3.06. The molecule has 2 aromatic rings. The third-order valence-electron chi connectivity index (χ3n) is 5.98. The van der Waals surface area contributed by atoms with Gasteiger partial charge in [0.1, 0.15) is 18.8 Å². The number of rotatable bonds is 4. The molecule has 3 aliphatic rings. The van der Waals surface area contributed by atoms with Crippen LogP contribution >= 0.6 is 0 Å². The van der Waals surface area contributed by atoms with E-state index in [0.717, 1.165) is 36.4 Å². The average Bonchev–Trinajstić information content (AvgIpc) is 3.08. The number of carbonyl (C=O) groups excluding carboxylic acids is 2. The fourth-order valence-electron chi connectivity index (χ4n) is 4.56. The summed E-state index contributed by atoms with van der Waals surface area (Å²) in [5.74, 6) is 1.38. The Morgan fingerprint density at radius 3 is 2.60 bits per heavy atom. The summed E-state index contributed by atoms with van der Waals surface area (Å²) in [7, 11) is 0. The van der Waals surface area contributed by atoms with Crippen LogP contribution in [-0.4, -0.2) is 60.1 Å². The van der Waals surface area contributed by atoms with Crippen molar-refractivity contribution < 1.29 is 19.1 Å². The van der Waals surface area contributed by atoms with Crippen LogP contribution in [0.4, 0.5) is 4.79 Å². The Morgan fingerprint density at radius 2 is 1.77 bits per heavy atom. The zero-order valence-electron chi connectivity index (χ0n) is 16.7. The molecule has 2 saturated heterocycles. The highest BCUT2D eigenvalue weighted by Gasteiger charge is 2.44. The van der Waals surface area contributed by atoms with E-state index in [1.54, 1.807) is 0 Å². The first-order valence-corrected chi connectivity index (χ1v) is 10.5. The smallest absolute Gasteiger partial charge is 0.325 e. The molecular weight excluding hydrogens is 382 g/mol. The van der Waals surface area contributed by atoms with Gasteiger partial charge in [0.25, 0.3) is 5.91 Å². The normalized spacial score (nSPS) is 26.5. The van der Waals surface area contributed by atoms with Gasteiger partial charge in [0.05, 0.1) is 6.04 Å². The summed E-state index contributed by atoms with van der Waals surface area (Å²) in [4.78, 5) is 29.4. The quantitative estimate of drug-likeness (QED) is 0.789. The molecule has 0 bridgehead atoms. The number of hydrogen-bond acceptors (Lipinski definition) is 5. The number of nitrogens with one attached hydrogen (secondary N) is 1. The molecule has 7 heteroatoms. The van der Waals surface area contributed by atoms with E-state index >= 15 is 0 Å². The highest BCUT2D eigenvalue weighted by molar-refractivity contribution is 6.05. The van der Waals surface area contributed by atoms with Crippen molar-refractivity contribution in [1.29, 1.82) is 0 Å². The molecular formula is C23H25N3O4. The minimum Gasteiger partial charge on any atom is -0.486 e. The van der Waals surface area contributed by atoms with Gasteiger partial charge < -0.3 is 14.8 Å². The van der Waals surface area contributed by atoms with Crippen molar-refractivity contribution in [2.75, 3.05) is 26.2 Å². The second-order valence-electron chi connectivity index (χ2n) is 8.05. The van der Waals surface area contributed by atoms with Crippen molar-refractivity contribution >= 4 is 11.9 Å². The highest BCUT2D eigenvalue weighted by atomic mass is 16.6. The van der Waals surface area contributed by atoms with Gasteiger partial charge in [-0.2, -0.15) is 0 Å². The molecule has 2 aromatic carbocycles. The summed E-state index contributed by atoms with van der Waals surface area (Å²) in [5, 5.41) is 2.85. The molecule has 156 valence electrons. The standard InChI is InChI=1S/C23H25N3O4/c27-22-21(16-7-2-1-3-8-16)24-23(28)26(22)17-9-6-12-25(13-17)14-18-15-29-19-10-4-5-11-20(19)30-18/h1-5,7-8,10-11,17-18,21H,6,9,12-15H2,(H,24,28)/t17-,18-,21?/m0/s1. The maximum Gasteiger partial charge on any atom is 0.325 e. The Labute approximate surface area is 175 Å². The van der Waals surface area contributed by atoms with E-state index in [9.17, 15) is 9.59 Å². The number of hydrogen-bond donors (Lipinski definition) is 1. The number of para-hydroxylation sites is 2. The van der Waals surface area contributed by atoms with Gasteiger partial charge in [0.15, 0.2) is 11.5 Å². The zero-order valence-corrected chi connectivity index (χ0v) is 16.7. The second-order valence-corrected chi connectivity index (χ2v) is 8.05. The van der Waals surface area contributed by atoms with E-state index in [1.165, 1.54) is 4.90 Å². The maximum absolute atomic E-state index is 13.0. The van der Waals surface area contributed by atoms with Gasteiger partial charge in [-0.05, 0) is 37.1 Å². The molecule has 30 heavy (non-hydrogen) atoms. The van der Waals surface area contributed by atoms with Crippen molar-refractivity contribution in [3.63, 3.8) is 0 Å². The van der Waals surface area contributed by atoms with Crippen molar-refractivity contribution in [3.05, 3.63) is 60.2 Å². The molecule has 3 aliphatic heterocycles. The first-order valence-electron chi connectivity index (χ1n) is 10.5. The molecule has 1 N–H and O–H groups in total. The largest absolute Gasteiger partial charge is 0.486 e. The number of amides is 3. The topological polar surface area (TPSA) is 71.1 Å². The van der Waals surface area contributed by atoms with Crippen molar-refractivity contribution in [2.45, 2.75) is 31.0 Å². The first-order chi connectivity index (χ1) is 14.7. The fraction of sp³-hybridized carbons (Fsp3) is 0.391. The number of ether oxygens (including phenoxy) is 2. The van der Waals surface area contributed by atoms with E-state index in [4.69, 9.17) is 9.47 Å². The summed E-state index contributed by atoms with van der Waals surface area (Å²) >= 11 is 0. The zero-order chi connectivity index (χ0) is 20.5. The second kappa shape index (κ2) is 7.99. The van der Waals surface area contributed by atoms with Crippen LogP contribution < -0.4 is 14.8 Å². The van der Waals surface area contributed by atoms with Crippen LogP contribution in [0.2, 0.25) is 0 Å². The molecule has 0 saturated carbocycles. The SMILES string of the molecule is O=C1NC(c2ccccc2)C(=O)N1[C@H]1CCCN(C[C@H]2COc3ccccc3O2)C1. The third-order valence-corrected chi connectivity index (χ3v) is 5.98. The number of piperidine rings is 1. The van der Waals surface area contributed by atoms with E-state index in [0.29, 0.717) is 19.7 Å². The van der Waals surface area contributed by atoms with Crippen molar-refractivity contribution in [3.8, 4) is 11.5 Å². The van der Waals surface area contributed by atoms with Crippen LogP contribution in [0.5, 0.6) is 11.5 Å². The number of nitrogens with zero attached hydrogens (tertiary/aromatic N) is 2. The van der Waals surface area contributed by atoms with Crippen LogP contribution in [-0.2, 0) is 4.79 Å². The molecule has 2 fully saturated rings. The molecule has 7 nitrogen and oxygen atoms in total. The minimum atomic E-state index is -0.597. The maximum atomic E-state index is 13.0. The predicted molar refractivity (Wildman–Crippen MR) is 110 cm³/mol. The van der Waals surface area contributed by atoms with E-state index in [-0.39, 0.29) is 24.1 Å². The summed E-state index contributed by atoms with van der Waals surface area (Å²) < 4.78 is 11.9. The lowest BCUT2D eigenvalue weighted by atomic mass is 10.0. The van der Waals surface area contributed by atoms with E-state index in [1.807, 2.05) is 54.6 Å². The average molecular weight is 407 g/mol. The van der Waals surface area contributed by atoms with E-state index < -0.39 is 6.04 Å². The third kappa shape index (κ3) is 3.61. The summed E-state index contributed by atoms with van der Waals surface area (Å²) in [6, 6.07) is 16.1. The lowest BCUT2D eigenvalue weighted by molar-refractivity contribution is -0.130. The molecule has 3 amide bonds. The van der Waals surface area contributed by atoms with Gasteiger partial charge >= 0.3 is 6.03 Å². The molecule has 3 atom stereocenters. The van der Waals surface area contributed by atoms with E-state index in [2.05, 4.69) is 10.2 Å². The highest BCUT2D eigenvalue weighted by Crippen LogP contribution is 2.32. The first kappa shape index (κ1) is 18.9. The Kier molecular flexibility index (Phi) is 5.04. The minimum absolute atomic E-state index is 0.0705. The van der Waals surface area contributed by atoms with Crippen LogP contribution in [0.3, 0.4) is 0 Å². The Morgan fingerprint density at radius 1 is 1.00 bits per heavy atom. The Bertz CT molecular complexity index is 935. The molecule has 0 aromatic heterocycles. The number of fused-ring (bicyclic) bond motifs is 1. The molecule has 0 aliphatic carbocycles. The van der Waals surface area contributed by atoms with Crippen LogP contribution in [0, 0.1) is 0 Å². The number of benzene rings is 2. The van der Waals surface area contributed by atoms with Gasteiger partial charge in [-0.3, -0.25) is 14.6 Å². The Balaban J connectivity index is 1.23. The van der Waals surface area contributed by atoms with Crippen LogP contribution in [0.25, 0.3) is 0 Å². The van der Waals surface area contributed by atoms with Gasteiger partial charge in [-0.15, -0.1) is 0 Å². The number of urea groups is 1. The molecule has 1 unspecified atom stereocenters. The molecule has 3 heterocycles. The van der Waals surface area contributed by atoms with Crippen LogP contribution in [0.15, 0.2) is 54.6 Å². The fourth-order valence-corrected chi connectivity index (χ4v) is 4.56. The van der Waals surface area contributed by atoms with Crippen molar-refractivity contribution in [1.82, 2.24) is 15.1 Å². The summed E-state index contributed by atoms with van der Waals surface area (Å²) in [5.41, 5.74) is 0.817. The molecule has 5 rings (SSSR count). The lowest BCUT2D eigenvalue weighted by Crippen LogP contribution is -2.53. The van der Waals surface area contributed by atoms with Gasteiger partial charge in [0.2, 0.25) is 0 Å². The van der Waals surface area contributed by atoms with Gasteiger partial charge in [0, 0.05) is 13.1 Å². The summed E-state index contributed by atoms with van der Waals surface area (Å²) in [6.45, 7) is 2.78. The van der Waals surface area contributed by atoms with Gasteiger partial charge in [-0.1, -0.05) is 42.5 Å². The van der Waals surface area contributed by atoms with Gasteiger partial charge in [-0.25, -0.2) is 4.79 Å². The monoisotopic (exact) mass is 407 g/mol. The number of carbonyl (C=O) groups is 2. The van der Waals surface area contributed by atoms with Crippen LogP contribution in [0.1, 0.15) is 24.4 Å². The van der Waals surface area contributed by atoms with Crippen molar-refractivity contribution in [2.24, 2.45) is 0 Å². The number of imide groups is 1. The summed E-state index contributed by atoms with van der Waals surface area (Å²) in [6.07, 6.45) is 1.68. The predicted octanol–water partition coefficient (Wildman–Crippen LogP) is 2.58. The lowest BCUT2D eigenvalue weighted by Gasteiger charge is -2.38. The molecule has 0 spiro atoms.